The third kappa shape index (κ3) is 3.36. The summed E-state index contributed by atoms with van der Waals surface area (Å²) in [5.41, 5.74) is 7.61. The van der Waals surface area contributed by atoms with Crippen LogP contribution in [0.25, 0.3) is 0 Å². The molecule has 3 heteroatoms. The molecule has 0 spiro atoms. The zero-order valence-corrected chi connectivity index (χ0v) is 13.6. The molecule has 1 aromatic rings. The molecule has 1 heterocycles. The average Bonchev–Trinajstić information content (AvgIpc) is 2.90. The Kier molecular flexibility index (Phi) is 5.48. The lowest BCUT2D eigenvalue weighted by Gasteiger charge is -2.33. The number of halogens is 1. The van der Waals surface area contributed by atoms with Gasteiger partial charge in [-0.2, -0.15) is 0 Å². The van der Waals surface area contributed by atoms with Gasteiger partial charge in [-0.3, -0.25) is 4.90 Å². The molecule has 2 N–H and O–H groups in total. The minimum Gasteiger partial charge on any atom is -0.326 e. The van der Waals surface area contributed by atoms with Crippen molar-refractivity contribution in [1.29, 1.82) is 0 Å². The molecule has 3 atom stereocenters. The number of nitrogens with two attached hydrogens (primary N) is 1. The monoisotopic (exact) mass is 294 g/mol. The maximum absolute atomic E-state index is 6.42. The van der Waals surface area contributed by atoms with Crippen LogP contribution in [-0.4, -0.2) is 24.0 Å². The summed E-state index contributed by atoms with van der Waals surface area (Å²) in [6.07, 6.45) is 2.24. The zero-order valence-electron chi connectivity index (χ0n) is 12.8. The van der Waals surface area contributed by atoms with Crippen LogP contribution in [0.1, 0.15) is 45.2 Å². The van der Waals surface area contributed by atoms with Gasteiger partial charge in [-0.25, -0.2) is 0 Å². The summed E-state index contributed by atoms with van der Waals surface area (Å²) in [6, 6.07) is 8.54. The van der Waals surface area contributed by atoms with Gasteiger partial charge in [-0.1, -0.05) is 50.6 Å². The van der Waals surface area contributed by atoms with Crippen LogP contribution >= 0.6 is 11.6 Å². The van der Waals surface area contributed by atoms with Crippen molar-refractivity contribution in [3.8, 4) is 0 Å². The van der Waals surface area contributed by atoms with E-state index in [2.05, 4.69) is 37.8 Å². The predicted octanol–water partition coefficient (Wildman–Crippen LogP) is 4.10. The first-order valence-electron chi connectivity index (χ1n) is 7.78. The van der Waals surface area contributed by atoms with E-state index in [-0.39, 0.29) is 12.1 Å². The summed E-state index contributed by atoms with van der Waals surface area (Å²) in [5, 5.41) is 0.842. The molecular formula is C17H27ClN2. The molecule has 1 fully saturated rings. The van der Waals surface area contributed by atoms with Gasteiger partial charge < -0.3 is 5.73 Å². The van der Waals surface area contributed by atoms with E-state index >= 15 is 0 Å². The molecule has 0 bridgehead atoms. The van der Waals surface area contributed by atoms with Gasteiger partial charge in [0.05, 0.1) is 6.04 Å². The Morgan fingerprint density at radius 1 is 1.35 bits per heavy atom. The minimum absolute atomic E-state index is 0.140. The molecule has 1 aliphatic heterocycles. The van der Waals surface area contributed by atoms with Crippen molar-refractivity contribution in [2.75, 3.05) is 13.1 Å². The van der Waals surface area contributed by atoms with Crippen molar-refractivity contribution in [1.82, 2.24) is 4.90 Å². The quantitative estimate of drug-likeness (QED) is 0.886. The maximum atomic E-state index is 6.42. The number of benzene rings is 1. The number of nitrogens with zero attached hydrogens (tertiary/aromatic N) is 1. The number of rotatable bonds is 5. The largest absolute Gasteiger partial charge is 0.326 e. The summed E-state index contributed by atoms with van der Waals surface area (Å²) in [5.74, 6) is 1.52. The molecule has 0 radical (unpaired) electrons. The van der Waals surface area contributed by atoms with Crippen LogP contribution in [0, 0.1) is 11.8 Å². The van der Waals surface area contributed by atoms with Crippen molar-refractivity contribution in [2.45, 2.75) is 45.7 Å². The fourth-order valence-corrected chi connectivity index (χ4v) is 3.50. The van der Waals surface area contributed by atoms with Crippen LogP contribution in [0.5, 0.6) is 0 Å². The van der Waals surface area contributed by atoms with E-state index in [1.165, 1.54) is 12.0 Å². The molecule has 3 unspecified atom stereocenters. The van der Waals surface area contributed by atoms with Crippen LogP contribution in [0.3, 0.4) is 0 Å². The van der Waals surface area contributed by atoms with E-state index in [0.29, 0.717) is 0 Å². The van der Waals surface area contributed by atoms with Crippen LogP contribution in [0.15, 0.2) is 24.3 Å². The van der Waals surface area contributed by atoms with E-state index < -0.39 is 0 Å². The zero-order chi connectivity index (χ0) is 14.7. The highest BCUT2D eigenvalue weighted by Gasteiger charge is 2.33. The highest BCUT2D eigenvalue weighted by Crippen LogP contribution is 2.35. The van der Waals surface area contributed by atoms with Gasteiger partial charge in [0, 0.05) is 17.6 Å². The third-order valence-corrected chi connectivity index (χ3v) is 5.04. The lowest BCUT2D eigenvalue weighted by atomic mass is 9.94. The highest BCUT2D eigenvalue weighted by atomic mass is 35.5. The Bertz CT molecular complexity index is 433. The van der Waals surface area contributed by atoms with Crippen molar-refractivity contribution < 1.29 is 0 Å². The summed E-state index contributed by atoms with van der Waals surface area (Å²) in [7, 11) is 0. The van der Waals surface area contributed by atoms with E-state index in [1.54, 1.807) is 0 Å². The molecule has 1 aliphatic rings. The number of hydrogen-bond acceptors (Lipinski definition) is 2. The fourth-order valence-electron chi connectivity index (χ4n) is 3.25. The van der Waals surface area contributed by atoms with Crippen LogP contribution in [-0.2, 0) is 0 Å². The Hall–Kier alpha value is -0.570. The molecule has 0 aromatic heterocycles. The van der Waals surface area contributed by atoms with Gasteiger partial charge in [0.2, 0.25) is 0 Å². The summed E-state index contributed by atoms with van der Waals surface area (Å²) in [6.45, 7) is 9.06. The normalized spacial score (nSPS) is 23.2. The van der Waals surface area contributed by atoms with Crippen molar-refractivity contribution in [2.24, 2.45) is 17.6 Å². The Morgan fingerprint density at radius 3 is 2.60 bits per heavy atom. The Balaban J connectivity index is 2.24. The Morgan fingerprint density at radius 2 is 2.05 bits per heavy atom. The molecule has 20 heavy (non-hydrogen) atoms. The van der Waals surface area contributed by atoms with Gasteiger partial charge >= 0.3 is 0 Å². The maximum Gasteiger partial charge on any atom is 0.0513 e. The van der Waals surface area contributed by atoms with Crippen LogP contribution < -0.4 is 5.73 Å². The second kappa shape index (κ2) is 6.93. The highest BCUT2D eigenvalue weighted by molar-refractivity contribution is 6.31. The third-order valence-electron chi connectivity index (χ3n) is 4.69. The molecule has 112 valence electrons. The first-order valence-corrected chi connectivity index (χ1v) is 8.16. The SMILES string of the molecule is CCC(N)C(c1ccccc1Cl)N1CCC(C(C)C)C1. The predicted molar refractivity (Wildman–Crippen MR) is 87.0 cm³/mol. The summed E-state index contributed by atoms with van der Waals surface area (Å²) in [4.78, 5) is 2.54. The molecule has 1 aromatic carbocycles. The molecule has 0 aliphatic carbocycles. The average molecular weight is 295 g/mol. The van der Waals surface area contributed by atoms with E-state index in [1.807, 2.05) is 12.1 Å². The van der Waals surface area contributed by atoms with Gasteiger partial charge in [0.1, 0.15) is 0 Å². The van der Waals surface area contributed by atoms with Crippen molar-refractivity contribution >= 4 is 11.6 Å². The van der Waals surface area contributed by atoms with Gasteiger partial charge in [-0.05, 0) is 42.9 Å². The van der Waals surface area contributed by atoms with Gasteiger partial charge in [-0.15, -0.1) is 0 Å². The molecule has 2 nitrogen and oxygen atoms in total. The topological polar surface area (TPSA) is 29.3 Å². The van der Waals surface area contributed by atoms with E-state index in [4.69, 9.17) is 17.3 Å². The molecule has 2 rings (SSSR count). The molecular weight excluding hydrogens is 268 g/mol. The first kappa shape index (κ1) is 15.8. The summed E-state index contributed by atoms with van der Waals surface area (Å²) >= 11 is 6.42. The molecule has 0 amide bonds. The van der Waals surface area contributed by atoms with Crippen LogP contribution in [0.2, 0.25) is 5.02 Å². The minimum atomic E-state index is 0.140. The summed E-state index contributed by atoms with van der Waals surface area (Å²) < 4.78 is 0. The smallest absolute Gasteiger partial charge is 0.0513 e. The number of hydrogen-bond donors (Lipinski definition) is 1. The lowest BCUT2D eigenvalue weighted by Crippen LogP contribution is -2.40. The van der Waals surface area contributed by atoms with Crippen molar-refractivity contribution in [3.63, 3.8) is 0 Å². The standard InChI is InChI=1S/C17H27ClN2/c1-4-16(19)17(14-7-5-6-8-15(14)18)20-10-9-13(11-20)12(2)3/h5-8,12-13,16-17H,4,9-11,19H2,1-3H3. The first-order chi connectivity index (χ1) is 9.54. The van der Waals surface area contributed by atoms with Crippen molar-refractivity contribution in [3.05, 3.63) is 34.9 Å². The van der Waals surface area contributed by atoms with E-state index in [9.17, 15) is 0 Å². The van der Waals surface area contributed by atoms with Gasteiger partial charge in [0.25, 0.3) is 0 Å². The van der Waals surface area contributed by atoms with Crippen LogP contribution in [0.4, 0.5) is 0 Å². The lowest BCUT2D eigenvalue weighted by molar-refractivity contribution is 0.196. The fraction of sp³-hybridized carbons (Fsp3) is 0.647. The second-order valence-electron chi connectivity index (χ2n) is 6.33. The second-order valence-corrected chi connectivity index (χ2v) is 6.73. The molecule has 1 saturated heterocycles. The number of likely N-dealkylation sites (tertiary alicyclic amines) is 1. The van der Waals surface area contributed by atoms with Gasteiger partial charge in [0.15, 0.2) is 0 Å². The van der Waals surface area contributed by atoms with E-state index in [0.717, 1.165) is 36.4 Å². The Labute approximate surface area is 128 Å². The molecule has 0 saturated carbocycles.